The van der Waals surface area contributed by atoms with E-state index < -0.39 is 0 Å². The summed E-state index contributed by atoms with van der Waals surface area (Å²) < 4.78 is 11.0. The lowest BCUT2D eigenvalue weighted by atomic mass is 9.88. The van der Waals surface area contributed by atoms with Crippen LogP contribution < -0.4 is 4.74 Å². The summed E-state index contributed by atoms with van der Waals surface area (Å²) in [5.41, 5.74) is 16.4. The Morgan fingerprint density at radius 3 is 1.92 bits per heavy atom. The molecule has 0 aliphatic rings. The first-order chi connectivity index (χ1) is 25.4. The summed E-state index contributed by atoms with van der Waals surface area (Å²) in [6.45, 7) is 19.8. The van der Waals surface area contributed by atoms with Crippen molar-refractivity contribution in [1.29, 1.82) is 0 Å². The third kappa shape index (κ3) is 6.10. The topological polar surface area (TPSA) is 44.9 Å². The monoisotopic (exact) mass is 694 g/mol. The Balaban J connectivity index is 1.25. The highest BCUT2D eigenvalue weighted by Crippen LogP contribution is 2.42. The number of hydrogen-bond donors (Lipinski definition) is 0. The number of aromatic nitrogens is 4. The minimum absolute atomic E-state index is 0.000412. The molecule has 0 N–H and O–H groups in total. The minimum Gasteiger partial charge on any atom is -0.457 e. The molecule has 0 atom stereocenters. The van der Waals surface area contributed by atoms with E-state index in [0.29, 0.717) is 0 Å². The van der Waals surface area contributed by atoms with Gasteiger partial charge in [-0.15, -0.1) is 0 Å². The molecular formula is C48H46N4O. The van der Waals surface area contributed by atoms with Crippen LogP contribution in [-0.2, 0) is 5.41 Å². The molecule has 5 aromatic carbocycles. The Morgan fingerprint density at radius 2 is 1.23 bits per heavy atom. The van der Waals surface area contributed by atoms with Crippen LogP contribution in [0.1, 0.15) is 59.7 Å². The van der Waals surface area contributed by atoms with Gasteiger partial charge in [-0.3, -0.25) is 4.57 Å². The van der Waals surface area contributed by atoms with Crippen LogP contribution in [0.2, 0.25) is 0 Å². The van der Waals surface area contributed by atoms with Crippen molar-refractivity contribution in [3.8, 4) is 45.4 Å². The highest BCUT2D eigenvalue weighted by Gasteiger charge is 2.23. The molecule has 264 valence electrons. The first-order valence-corrected chi connectivity index (χ1v) is 18.4. The van der Waals surface area contributed by atoms with Crippen LogP contribution in [0.15, 0.2) is 116 Å². The van der Waals surface area contributed by atoms with Gasteiger partial charge in [0, 0.05) is 40.2 Å². The molecule has 53 heavy (non-hydrogen) atoms. The Kier molecular flexibility index (Phi) is 8.33. The second-order valence-electron chi connectivity index (χ2n) is 15.6. The van der Waals surface area contributed by atoms with Gasteiger partial charge >= 0.3 is 0 Å². The van der Waals surface area contributed by atoms with Gasteiger partial charge in [-0.05, 0) is 123 Å². The van der Waals surface area contributed by atoms with Gasteiger partial charge in [-0.2, -0.15) is 5.10 Å². The molecule has 0 aliphatic heterocycles. The fourth-order valence-electron chi connectivity index (χ4n) is 8.21. The molecule has 0 saturated heterocycles. The van der Waals surface area contributed by atoms with Gasteiger partial charge in [-0.25, -0.2) is 9.67 Å². The molecule has 3 aromatic heterocycles. The van der Waals surface area contributed by atoms with Gasteiger partial charge in [-0.1, -0.05) is 80.4 Å². The summed E-state index contributed by atoms with van der Waals surface area (Å²) in [7, 11) is 0. The third-order valence-corrected chi connectivity index (χ3v) is 10.4. The number of para-hydroxylation sites is 1. The number of hydrogen-bond acceptors (Lipinski definition) is 3. The van der Waals surface area contributed by atoms with Gasteiger partial charge in [0.1, 0.15) is 17.3 Å². The maximum Gasteiger partial charge on any atom is 0.137 e. The lowest BCUT2D eigenvalue weighted by Crippen LogP contribution is -2.12. The molecular weight excluding hydrogens is 649 g/mol. The van der Waals surface area contributed by atoms with Crippen molar-refractivity contribution in [2.24, 2.45) is 0 Å². The summed E-state index contributed by atoms with van der Waals surface area (Å²) in [6, 6.07) is 36.5. The zero-order valence-corrected chi connectivity index (χ0v) is 32.2. The van der Waals surface area contributed by atoms with Crippen molar-refractivity contribution in [3.05, 3.63) is 154 Å². The molecule has 0 amide bonds. The third-order valence-electron chi connectivity index (χ3n) is 10.4. The number of pyridine rings is 1. The standard InChI is InChI=1S/C48H46N4O/c1-29-21-31(3)45(32(4)22-29)41-28-50-52(47(41)46-33(5)23-30(2)24-34(46)6)36-13-12-14-37(26-36)53-38-17-18-40-39-15-10-11-16-42(39)51(43(40)27-38)44-25-35(19-20-49-44)48(7,8)9/h10-28H,1-9H3. The Bertz CT molecular complexity index is 2660. The molecule has 8 rings (SSSR count). The van der Waals surface area contributed by atoms with Gasteiger partial charge in [0.25, 0.3) is 0 Å². The van der Waals surface area contributed by atoms with Gasteiger partial charge in [0.05, 0.1) is 28.6 Å². The number of benzene rings is 5. The average molecular weight is 695 g/mol. The van der Waals surface area contributed by atoms with E-state index in [-0.39, 0.29) is 5.41 Å². The number of aryl methyl sites for hydroxylation is 6. The van der Waals surface area contributed by atoms with Crippen molar-refractivity contribution in [2.45, 2.75) is 67.7 Å². The number of rotatable bonds is 6. The summed E-state index contributed by atoms with van der Waals surface area (Å²) in [5.74, 6) is 2.38. The number of fused-ring (bicyclic) bond motifs is 3. The highest BCUT2D eigenvalue weighted by atomic mass is 16.5. The van der Waals surface area contributed by atoms with Crippen molar-refractivity contribution in [3.63, 3.8) is 0 Å². The highest BCUT2D eigenvalue weighted by molar-refractivity contribution is 6.09. The van der Waals surface area contributed by atoms with Crippen molar-refractivity contribution < 1.29 is 4.74 Å². The maximum absolute atomic E-state index is 6.69. The van der Waals surface area contributed by atoms with Gasteiger partial charge in [0.2, 0.25) is 0 Å². The summed E-state index contributed by atoms with van der Waals surface area (Å²) >= 11 is 0. The van der Waals surface area contributed by atoms with Crippen LogP contribution in [-0.4, -0.2) is 19.3 Å². The zero-order valence-electron chi connectivity index (χ0n) is 32.2. The smallest absolute Gasteiger partial charge is 0.137 e. The Labute approximate surface area is 312 Å². The van der Waals surface area contributed by atoms with E-state index in [9.17, 15) is 0 Å². The molecule has 3 heterocycles. The molecule has 0 bridgehead atoms. The molecule has 0 spiro atoms. The van der Waals surface area contributed by atoms with E-state index in [2.05, 4.69) is 163 Å². The van der Waals surface area contributed by atoms with Crippen LogP contribution in [0.25, 0.3) is 55.7 Å². The summed E-state index contributed by atoms with van der Waals surface area (Å²) in [6.07, 6.45) is 3.94. The molecule has 5 heteroatoms. The average Bonchev–Trinajstić information content (AvgIpc) is 3.66. The van der Waals surface area contributed by atoms with E-state index in [1.165, 1.54) is 55.5 Å². The Hall–Kier alpha value is -5.94. The Morgan fingerprint density at radius 1 is 0.585 bits per heavy atom. The molecule has 0 radical (unpaired) electrons. The second kappa shape index (κ2) is 12.9. The SMILES string of the molecule is Cc1cc(C)c(-c2cnn(-c3cccc(Oc4ccc5c6ccccc6n(-c6cc(C(C)(C)C)ccn6)c5c4)c3)c2-c2c(C)cc(C)cc2C)c(C)c1. The van der Waals surface area contributed by atoms with Crippen molar-refractivity contribution in [1.82, 2.24) is 19.3 Å². The number of ether oxygens (including phenoxy) is 1. The van der Waals surface area contributed by atoms with Crippen LogP contribution in [0.5, 0.6) is 11.5 Å². The zero-order chi connectivity index (χ0) is 37.2. The van der Waals surface area contributed by atoms with Crippen LogP contribution in [0, 0.1) is 41.5 Å². The summed E-state index contributed by atoms with van der Waals surface area (Å²) in [4.78, 5) is 4.86. The first kappa shape index (κ1) is 34.2. The normalized spacial score (nSPS) is 11.9. The van der Waals surface area contributed by atoms with E-state index in [4.69, 9.17) is 14.8 Å². The molecule has 8 aromatic rings. The predicted molar refractivity (Wildman–Crippen MR) is 220 cm³/mol. The molecule has 0 saturated carbocycles. The van der Waals surface area contributed by atoms with Crippen LogP contribution in [0.3, 0.4) is 0 Å². The van der Waals surface area contributed by atoms with E-state index in [1.54, 1.807) is 0 Å². The fourth-order valence-corrected chi connectivity index (χ4v) is 8.21. The van der Waals surface area contributed by atoms with E-state index >= 15 is 0 Å². The quantitative estimate of drug-likeness (QED) is 0.174. The second-order valence-corrected chi connectivity index (χ2v) is 15.6. The molecule has 5 nitrogen and oxygen atoms in total. The summed E-state index contributed by atoms with van der Waals surface area (Å²) in [5, 5.41) is 7.42. The lowest BCUT2D eigenvalue weighted by molar-refractivity contribution is 0.483. The lowest BCUT2D eigenvalue weighted by Gasteiger charge is -2.20. The van der Waals surface area contributed by atoms with Gasteiger partial charge in [0.15, 0.2) is 0 Å². The van der Waals surface area contributed by atoms with Crippen molar-refractivity contribution >= 4 is 21.8 Å². The van der Waals surface area contributed by atoms with E-state index in [0.717, 1.165) is 50.7 Å². The molecule has 0 aliphatic carbocycles. The van der Waals surface area contributed by atoms with Gasteiger partial charge < -0.3 is 4.74 Å². The first-order valence-electron chi connectivity index (χ1n) is 18.4. The largest absolute Gasteiger partial charge is 0.457 e. The molecule has 0 fully saturated rings. The van der Waals surface area contributed by atoms with Crippen molar-refractivity contribution in [2.75, 3.05) is 0 Å². The van der Waals surface area contributed by atoms with Crippen LogP contribution in [0.4, 0.5) is 0 Å². The maximum atomic E-state index is 6.69. The van der Waals surface area contributed by atoms with Crippen LogP contribution >= 0.6 is 0 Å². The number of nitrogens with zero attached hydrogens (tertiary/aromatic N) is 4. The minimum atomic E-state index is -0.000412. The fraction of sp³-hybridized carbons (Fsp3) is 0.208. The predicted octanol–water partition coefficient (Wildman–Crippen LogP) is 12.6. The molecule has 0 unspecified atom stereocenters. The van der Waals surface area contributed by atoms with E-state index in [1.807, 2.05) is 24.5 Å².